The van der Waals surface area contributed by atoms with Crippen molar-refractivity contribution in [2.24, 2.45) is 0 Å². The Morgan fingerprint density at radius 3 is 2.96 bits per heavy atom. The van der Waals surface area contributed by atoms with Crippen LogP contribution in [0.25, 0.3) is 11.0 Å². The first-order valence-electron chi connectivity index (χ1n) is 8.45. The number of methoxy groups -OCH3 is 1. The Labute approximate surface area is 155 Å². The molecule has 0 radical (unpaired) electrons. The summed E-state index contributed by atoms with van der Waals surface area (Å²) in [6, 6.07) is 15.3. The molecule has 0 saturated carbocycles. The first-order chi connectivity index (χ1) is 13.2. The standard InChI is InChI=1S/C19H18N6O2/c1-27-16-6-4-5-14(9-16)11-24-12-15(10-20-24)21-19(26)13-25-18-8-3-2-7-17(18)22-23-25/h2-10,12H,11,13H2,1H3,(H,21,26). The van der Waals surface area contributed by atoms with Gasteiger partial charge in [0.15, 0.2) is 0 Å². The van der Waals surface area contributed by atoms with Crippen LogP contribution >= 0.6 is 0 Å². The van der Waals surface area contributed by atoms with E-state index < -0.39 is 0 Å². The lowest BCUT2D eigenvalue weighted by Gasteiger charge is -2.05. The molecule has 0 aliphatic heterocycles. The summed E-state index contributed by atoms with van der Waals surface area (Å²) in [5.41, 5.74) is 3.27. The Bertz CT molecular complexity index is 1080. The lowest BCUT2D eigenvalue weighted by Crippen LogP contribution is -2.19. The van der Waals surface area contributed by atoms with Crippen LogP contribution in [0.4, 0.5) is 5.69 Å². The maximum absolute atomic E-state index is 12.3. The highest BCUT2D eigenvalue weighted by atomic mass is 16.5. The fraction of sp³-hybridized carbons (Fsp3) is 0.158. The highest BCUT2D eigenvalue weighted by molar-refractivity contribution is 5.91. The number of para-hydroxylation sites is 1. The summed E-state index contributed by atoms with van der Waals surface area (Å²) in [7, 11) is 1.64. The lowest BCUT2D eigenvalue weighted by molar-refractivity contribution is -0.116. The molecule has 8 nitrogen and oxygen atoms in total. The number of nitrogens with zero attached hydrogens (tertiary/aromatic N) is 5. The maximum Gasteiger partial charge on any atom is 0.246 e. The minimum atomic E-state index is -0.188. The monoisotopic (exact) mass is 362 g/mol. The minimum Gasteiger partial charge on any atom is -0.497 e. The molecular weight excluding hydrogens is 344 g/mol. The number of carbonyl (C=O) groups excluding carboxylic acids is 1. The Balaban J connectivity index is 1.40. The fourth-order valence-corrected chi connectivity index (χ4v) is 2.84. The minimum absolute atomic E-state index is 0.0849. The zero-order valence-corrected chi connectivity index (χ0v) is 14.7. The third kappa shape index (κ3) is 3.79. The van der Waals surface area contributed by atoms with Crippen LogP contribution in [0.5, 0.6) is 5.75 Å². The van der Waals surface area contributed by atoms with Crippen molar-refractivity contribution in [2.75, 3.05) is 12.4 Å². The van der Waals surface area contributed by atoms with Gasteiger partial charge in [-0.05, 0) is 29.8 Å². The van der Waals surface area contributed by atoms with Crippen molar-refractivity contribution in [1.29, 1.82) is 0 Å². The third-order valence-electron chi connectivity index (χ3n) is 4.11. The summed E-state index contributed by atoms with van der Waals surface area (Å²) in [6.45, 7) is 0.669. The predicted octanol–water partition coefficient (Wildman–Crippen LogP) is 2.32. The van der Waals surface area contributed by atoms with E-state index in [1.165, 1.54) is 0 Å². The second kappa shape index (κ2) is 7.28. The number of anilines is 1. The SMILES string of the molecule is COc1cccc(Cn2cc(NC(=O)Cn3nnc4ccccc43)cn2)c1. The molecule has 0 aliphatic carbocycles. The topological polar surface area (TPSA) is 86.9 Å². The van der Waals surface area contributed by atoms with Gasteiger partial charge in [0.05, 0.1) is 31.1 Å². The highest BCUT2D eigenvalue weighted by Crippen LogP contribution is 2.15. The Hall–Kier alpha value is -3.68. The summed E-state index contributed by atoms with van der Waals surface area (Å²) in [4.78, 5) is 12.3. The van der Waals surface area contributed by atoms with Crippen molar-refractivity contribution in [1.82, 2.24) is 24.8 Å². The molecule has 0 aliphatic rings. The van der Waals surface area contributed by atoms with E-state index in [1.807, 2.05) is 48.5 Å². The van der Waals surface area contributed by atoms with E-state index in [0.29, 0.717) is 12.2 Å². The van der Waals surface area contributed by atoms with Crippen LogP contribution in [0.15, 0.2) is 60.9 Å². The molecule has 0 saturated heterocycles. The molecular formula is C19H18N6O2. The van der Waals surface area contributed by atoms with Crippen LogP contribution in [0, 0.1) is 0 Å². The van der Waals surface area contributed by atoms with Gasteiger partial charge in [0.1, 0.15) is 17.8 Å². The lowest BCUT2D eigenvalue weighted by atomic mass is 10.2. The van der Waals surface area contributed by atoms with Gasteiger partial charge in [-0.1, -0.05) is 29.5 Å². The van der Waals surface area contributed by atoms with Gasteiger partial charge in [0.2, 0.25) is 5.91 Å². The van der Waals surface area contributed by atoms with Gasteiger partial charge in [-0.2, -0.15) is 5.10 Å². The largest absolute Gasteiger partial charge is 0.497 e. The van der Waals surface area contributed by atoms with Crippen LogP contribution in [-0.4, -0.2) is 37.8 Å². The van der Waals surface area contributed by atoms with Gasteiger partial charge in [-0.25, -0.2) is 4.68 Å². The normalized spacial score (nSPS) is 10.9. The van der Waals surface area contributed by atoms with E-state index in [0.717, 1.165) is 22.3 Å². The molecule has 0 fully saturated rings. The van der Waals surface area contributed by atoms with Gasteiger partial charge in [0, 0.05) is 6.20 Å². The number of hydrogen-bond donors (Lipinski definition) is 1. The van der Waals surface area contributed by atoms with E-state index in [-0.39, 0.29) is 12.5 Å². The average Bonchev–Trinajstić information content (AvgIpc) is 3.29. The Morgan fingerprint density at radius 2 is 2.07 bits per heavy atom. The summed E-state index contributed by atoms with van der Waals surface area (Å²) >= 11 is 0. The van der Waals surface area contributed by atoms with Gasteiger partial charge >= 0.3 is 0 Å². The average molecular weight is 362 g/mol. The number of nitrogens with one attached hydrogen (secondary N) is 1. The van der Waals surface area contributed by atoms with Crippen LogP contribution in [0.1, 0.15) is 5.56 Å². The Kier molecular flexibility index (Phi) is 4.52. The van der Waals surface area contributed by atoms with Crippen molar-refractivity contribution in [3.05, 3.63) is 66.5 Å². The fourth-order valence-electron chi connectivity index (χ4n) is 2.84. The number of aromatic nitrogens is 5. The van der Waals surface area contributed by atoms with Crippen LogP contribution < -0.4 is 10.1 Å². The molecule has 0 spiro atoms. The summed E-state index contributed by atoms with van der Waals surface area (Å²) in [5, 5.41) is 15.2. The number of benzene rings is 2. The van der Waals surface area contributed by atoms with Gasteiger partial charge in [-0.3, -0.25) is 9.48 Å². The first-order valence-corrected chi connectivity index (χ1v) is 8.45. The zero-order valence-electron chi connectivity index (χ0n) is 14.7. The first kappa shape index (κ1) is 16.8. The van der Waals surface area contributed by atoms with E-state index in [9.17, 15) is 4.79 Å². The number of fused-ring (bicyclic) bond motifs is 1. The second-order valence-electron chi connectivity index (χ2n) is 6.06. The molecule has 27 heavy (non-hydrogen) atoms. The molecule has 2 heterocycles. The molecule has 2 aromatic carbocycles. The van der Waals surface area contributed by atoms with E-state index in [2.05, 4.69) is 20.7 Å². The third-order valence-corrected chi connectivity index (χ3v) is 4.11. The van der Waals surface area contributed by atoms with Crippen LogP contribution in [0.2, 0.25) is 0 Å². The molecule has 2 aromatic heterocycles. The van der Waals surface area contributed by atoms with Crippen molar-refractivity contribution >= 4 is 22.6 Å². The molecule has 1 amide bonds. The number of amides is 1. The summed E-state index contributed by atoms with van der Waals surface area (Å²) < 4.78 is 8.56. The van der Waals surface area contributed by atoms with Crippen molar-refractivity contribution in [3.8, 4) is 5.75 Å². The van der Waals surface area contributed by atoms with Crippen LogP contribution in [-0.2, 0) is 17.9 Å². The maximum atomic E-state index is 12.3. The molecule has 0 bridgehead atoms. The molecule has 4 aromatic rings. The highest BCUT2D eigenvalue weighted by Gasteiger charge is 2.10. The summed E-state index contributed by atoms with van der Waals surface area (Å²) in [6.07, 6.45) is 3.41. The molecule has 4 rings (SSSR count). The quantitative estimate of drug-likeness (QED) is 0.569. The van der Waals surface area contributed by atoms with Crippen LogP contribution in [0.3, 0.4) is 0 Å². The summed E-state index contributed by atoms with van der Waals surface area (Å²) in [5.74, 6) is 0.611. The zero-order chi connectivity index (χ0) is 18.6. The van der Waals surface area contributed by atoms with E-state index in [1.54, 1.807) is 28.9 Å². The molecule has 8 heteroatoms. The van der Waals surface area contributed by atoms with Crippen molar-refractivity contribution in [2.45, 2.75) is 13.1 Å². The van der Waals surface area contributed by atoms with Gasteiger partial charge in [0.25, 0.3) is 0 Å². The number of rotatable bonds is 6. The molecule has 0 unspecified atom stereocenters. The second-order valence-corrected chi connectivity index (χ2v) is 6.06. The number of carbonyl (C=O) groups is 1. The van der Waals surface area contributed by atoms with E-state index >= 15 is 0 Å². The predicted molar refractivity (Wildman–Crippen MR) is 100 cm³/mol. The van der Waals surface area contributed by atoms with E-state index in [4.69, 9.17) is 4.74 Å². The Morgan fingerprint density at radius 1 is 1.19 bits per heavy atom. The van der Waals surface area contributed by atoms with Crippen molar-refractivity contribution in [3.63, 3.8) is 0 Å². The molecule has 136 valence electrons. The number of ether oxygens (including phenoxy) is 1. The number of hydrogen-bond acceptors (Lipinski definition) is 5. The molecule has 1 N–H and O–H groups in total. The molecule has 0 atom stereocenters. The van der Waals surface area contributed by atoms with Gasteiger partial charge in [-0.15, -0.1) is 5.10 Å². The van der Waals surface area contributed by atoms with Gasteiger partial charge < -0.3 is 10.1 Å². The van der Waals surface area contributed by atoms with Crippen molar-refractivity contribution < 1.29 is 9.53 Å². The smallest absolute Gasteiger partial charge is 0.246 e.